The molecule has 0 aliphatic rings. The van der Waals surface area contributed by atoms with Crippen LogP contribution in [0.5, 0.6) is 0 Å². The SMILES string of the molecule is CNC(CCC(C)=O)C(=O)Nc1nc2ncc(CNc3ccc(C(=O)NC(CCC(=O)O)C(=O)O)cc3)nc2c(=O)[nH]1.CNC(CCC(C)=O)C(=O)O.Nc1nc2ncc(CNc3ccc(C(=O)NC(CCC(=O)O)C(=O)O)cc3)nc2c(=O)[nH]1. The van der Waals surface area contributed by atoms with Gasteiger partial charge < -0.3 is 72.8 Å². The summed E-state index contributed by atoms with van der Waals surface area (Å²) in [5.74, 6) is -7.85. The second kappa shape index (κ2) is 32.7. The van der Waals surface area contributed by atoms with Crippen LogP contribution in [0.25, 0.3) is 22.3 Å². The molecule has 4 unspecified atom stereocenters. The van der Waals surface area contributed by atoms with Crippen molar-refractivity contribution >= 4 is 105 Å². The number of aromatic nitrogens is 8. The van der Waals surface area contributed by atoms with E-state index in [0.29, 0.717) is 35.6 Å². The molecule has 33 nitrogen and oxygen atoms in total. The van der Waals surface area contributed by atoms with Gasteiger partial charge in [0.25, 0.3) is 22.9 Å². The lowest BCUT2D eigenvalue weighted by molar-refractivity contribution is -0.142. The molecule has 6 aromatic rings. The number of carbonyl (C=O) groups excluding carboxylic acids is 5. The fourth-order valence-corrected chi connectivity index (χ4v) is 7.25. The lowest BCUT2D eigenvalue weighted by Crippen LogP contribution is -2.41. The van der Waals surface area contributed by atoms with Crippen LogP contribution in [0.4, 0.5) is 23.3 Å². The summed E-state index contributed by atoms with van der Waals surface area (Å²) in [5, 5.41) is 63.0. The maximum Gasteiger partial charge on any atom is 0.326 e. The number of nitrogens with zero attached hydrogens (tertiary/aromatic N) is 6. The number of rotatable bonds is 29. The number of carboxylic acids is 5. The Hall–Kier alpha value is -10.7. The highest BCUT2D eigenvalue weighted by Gasteiger charge is 2.24. The molecule has 0 radical (unpaired) electrons. The Morgan fingerprint density at radius 2 is 0.906 bits per heavy atom. The van der Waals surface area contributed by atoms with Gasteiger partial charge in [-0.3, -0.25) is 53.6 Å². The molecule has 6 rings (SSSR count). The van der Waals surface area contributed by atoms with Gasteiger partial charge in [0.15, 0.2) is 22.3 Å². The van der Waals surface area contributed by atoms with Crippen molar-refractivity contribution in [2.75, 3.05) is 35.8 Å². The second-order valence-electron chi connectivity index (χ2n) is 18.4. The third kappa shape index (κ3) is 22.3. The number of Topliss-reactive ketones (excluding diaryl/α,β-unsaturated/α-hetero) is 2. The summed E-state index contributed by atoms with van der Waals surface area (Å²) in [6.07, 6.45) is 2.76. The molecule has 0 spiro atoms. The average molecular weight is 1180 g/mol. The molecule has 4 aromatic heterocycles. The number of amides is 3. The molecule has 3 amide bonds. The summed E-state index contributed by atoms with van der Waals surface area (Å²) in [7, 11) is 3.15. The number of ketones is 2. The Bertz CT molecular complexity index is 3520. The van der Waals surface area contributed by atoms with Crippen LogP contribution in [-0.2, 0) is 51.4 Å². The van der Waals surface area contributed by atoms with Gasteiger partial charge in [0.2, 0.25) is 17.8 Å². The first-order chi connectivity index (χ1) is 40.3. The summed E-state index contributed by atoms with van der Waals surface area (Å²) < 4.78 is 0. The number of H-pyrrole nitrogens is 2. The summed E-state index contributed by atoms with van der Waals surface area (Å²) in [6, 6.07) is 8.34. The molecule has 0 saturated carbocycles. The molecule has 4 heterocycles. The van der Waals surface area contributed by atoms with E-state index in [1.807, 2.05) is 0 Å². The predicted octanol–water partition coefficient (Wildman–Crippen LogP) is 0.252. The minimum Gasteiger partial charge on any atom is -0.481 e. The number of aromatic amines is 2. The van der Waals surface area contributed by atoms with Crippen molar-refractivity contribution in [3.05, 3.63) is 104 Å². The molecule has 16 N–H and O–H groups in total. The van der Waals surface area contributed by atoms with Gasteiger partial charge in [-0.2, -0.15) is 9.97 Å². The largest absolute Gasteiger partial charge is 0.481 e. The number of nitrogens with one attached hydrogen (secondary N) is 9. The topological polar surface area (TPSA) is 525 Å². The van der Waals surface area contributed by atoms with Crippen LogP contribution in [0.3, 0.4) is 0 Å². The maximum atomic E-state index is 12.6. The predicted molar refractivity (Wildman–Crippen MR) is 301 cm³/mol. The normalized spacial score (nSPS) is 12.0. The highest BCUT2D eigenvalue weighted by atomic mass is 16.4. The van der Waals surface area contributed by atoms with E-state index < -0.39 is 89.3 Å². The Morgan fingerprint density at radius 3 is 1.29 bits per heavy atom. The van der Waals surface area contributed by atoms with E-state index in [0.717, 1.165) is 0 Å². The molecule has 0 saturated heterocycles. The Balaban J connectivity index is 0.000000317. The minimum atomic E-state index is -1.34. The van der Waals surface area contributed by atoms with Crippen LogP contribution in [-0.4, -0.2) is 163 Å². The van der Waals surface area contributed by atoms with Gasteiger partial charge in [0.1, 0.15) is 29.7 Å². The number of carbonyl (C=O) groups is 10. The van der Waals surface area contributed by atoms with Crippen molar-refractivity contribution in [1.82, 2.24) is 61.1 Å². The highest BCUT2D eigenvalue weighted by molar-refractivity contribution is 5.98. The molecule has 452 valence electrons. The number of likely N-dealkylation sites (N-methyl/N-ethyl adjacent to an activating group) is 2. The fourth-order valence-electron chi connectivity index (χ4n) is 7.25. The van der Waals surface area contributed by atoms with Gasteiger partial charge in [0.05, 0.1) is 42.9 Å². The lowest BCUT2D eigenvalue weighted by Gasteiger charge is -2.14. The first kappa shape index (κ1) is 66.8. The van der Waals surface area contributed by atoms with Crippen molar-refractivity contribution in [2.45, 2.75) is 102 Å². The molecule has 0 aliphatic carbocycles. The number of fused-ring (bicyclic) bond motifs is 2. The third-order valence-corrected chi connectivity index (χ3v) is 11.8. The molecule has 0 aliphatic heterocycles. The first-order valence-corrected chi connectivity index (χ1v) is 25.6. The summed E-state index contributed by atoms with van der Waals surface area (Å²) in [6.45, 7) is 3.27. The fraction of sp³-hybridized carbons (Fsp3) is 0.346. The highest BCUT2D eigenvalue weighted by Crippen LogP contribution is 2.15. The first-order valence-electron chi connectivity index (χ1n) is 25.6. The molecule has 0 fully saturated rings. The number of nitrogen functional groups attached to an aromatic ring is 1. The van der Waals surface area contributed by atoms with Crippen molar-refractivity contribution < 1.29 is 73.5 Å². The standard InChI is InChI=1S/C26H30N8O8.C19H19N7O6.C7H13NO3/c1-13(35)3-8-17(27-2)23(39)33-26-32-21-20(24(40)34-26)30-16(12-29-21)11-28-15-6-4-14(5-7-15)22(38)31-18(25(41)42)9-10-19(36)37;20-19-25-15-14(17(30)26-19)23-11(8-22-15)7-21-10-3-1-9(2-4-10)16(29)24-12(18(31)32)5-6-13(27)28;1-5(9)3-4-6(8-2)7(10)11/h4-7,12,17-18,27-28H,3,8-11H2,1-2H3,(H,31,38)(H,36,37)(H,41,42)(H2,29,32,33,34,39,40);1-4,8,12,21H,5-7H2,(H,24,29)(H,27,28)(H,31,32)(H3,20,22,25,26,30);6,8H,3-4H2,1-2H3,(H,10,11). The molecule has 2 aromatic carbocycles. The molecular formula is C52H62N16O17. The van der Waals surface area contributed by atoms with E-state index in [-0.39, 0.29) is 102 Å². The number of anilines is 4. The monoisotopic (exact) mass is 1180 g/mol. The second-order valence-corrected chi connectivity index (χ2v) is 18.4. The van der Waals surface area contributed by atoms with Crippen LogP contribution < -0.4 is 54.1 Å². The smallest absolute Gasteiger partial charge is 0.326 e. The number of hydrogen-bond acceptors (Lipinski definition) is 23. The summed E-state index contributed by atoms with van der Waals surface area (Å²) in [4.78, 5) is 167. The third-order valence-electron chi connectivity index (χ3n) is 11.8. The van der Waals surface area contributed by atoms with Gasteiger partial charge in [-0.15, -0.1) is 0 Å². The van der Waals surface area contributed by atoms with Gasteiger partial charge in [-0.1, -0.05) is 0 Å². The van der Waals surface area contributed by atoms with E-state index in [1.165, 1.54) is 50.5 Å². The number of aliphatic carboxylic acids is 5. The average Bonchev–Trinajstić information content (AvgIpc) is 3.44. The van der Waals surface area contributed by atoms with E-state index in [1.54, 1.807) is 38.4 Å². The van der Waals surface area contributed by atoms with Gasteiger partial charge in [-0.05, 0) is 102 Å². The molecule has 85 heavy (non-hydrogen) atoms. The van der Waals surface area contributed by atoms with Gasteiger partial charge in [0, 0.05) is 48.2 Å². The summed E-state index contributed by atoms with van der Waals surface area (Å²) in [5.41, 5.74) is 6.98. The quantitative estimate of drug-likeness (QED) is 0.0299. The number of benzene rings is 2. The van der Waals surface area contributed by atoms with Crippen molar-refractivity contribution in [3.8, 4) is 0 Å². The number of carboxylic acid groups (broad SMARTS) is 5. The maximum absolute atomic E-state index is 12.6. The molecule has 4 atom stereocenters. The van der Waals surface area contributed by atoms with Crippen LogP contribution in [0.15, 0.2) is 70.5 Å². The van der Waals surface area contributed by atoms with Crippen LogP contribution in [0, 0.1) is 0 Å². The Labute approximate surface area is 480 Å². The zero-order valence-electron chi connectivity index (χ0n) is 46.0. The van der Waals surface area contributed by atoms with Crippen molar-refractivity contribution in [2.24, 2.45) is 0 Å². The molecule has 0 bridgehead atoms. The molecular weight excluding hydrogens is 1120 g/mol. The van der Waals surface area contributed by atoms with Crippen LogP contribution in [0.1, 0.15) is 97.3 Å². The van der Waals surface area contributed by atoms with Crippen molar-refractivity contribution in [3.63, 3.8) is 0 Å². The summed E-state index contributed by atoms with van der Waals surface area (Å²) >= 11 is 0. The zero-order valence-corrected chi connectivity index (χ0v) is 46.0. The number of nitrogens with two attached hydrogens (primary N) is 1. The lowest BCUT2D eigenvalue weighted by atomic mass is 10.1. The minimum absolute atomic E-state index is 0.0147. The van der Waals surface area contributed by atoms with Crippen LogP contribution in [0.2, 0.25) is 0 Å². The van der Waals surface area contributed by atoms with E-state index in [9.17, 15) is 62.6 Å². The number of hydrogen-bond donors (Lipinski definition) is 15. The van der Waals surface area contributed by atoms with Crippen LogP contribution >= 0.6 is 0 Å². The van der Waals surface area contributed by atoms with E-state index in [4.69, 9.17) is 26.2 Å². The van der Waals surface area contributed by atoms with Crippen molar-refractivity contribution in [1.29, 1.82) is 0 Å². The van der Waals surface area contributed by atoms with Gasteiger partial charge >= 0.3 is 29.8 Å². The Kier molecular flexibility index (Phi) is 25.7. The zero-order chi connectivity index (χ0) is 62.9. The van der Waals surface area contributed by atoms with Gasteiger partial charge in [-0.25, -0.2) is 29.5 Å². The molecule has 33 heteroatoms. The van der Waals surface area contributed by atoms with E-state index in [2.05, 4.69) is 77.1 Å². The Morgan fingerprint density at radius 1 is 0.518 bits per heavy atom. The van der Waals surface area contributed by atoms with E-state index >= 15 is 0 Å².